The summed E-state index contributed by atoms with van der Waals surface area (Å²) in [5.74, 6) is 6.23. The molecule has 0 amide bonds. The molecule has 0 aliphatic heterocycles. The minimum atomic E-state index is 0.436. The summed E-state index contributed by atoms with van der Waals surface area (Å²) in [4.78, 5) is 3.60. The molecule has 0 saturated carbocycles. The van der Waals surface area contributed by atoms with Crippen LogP contribution in [0.4, 0.5) is 0 Å². The van der Waals surface area contributed by atoms with Crippen LogP contribution in [-0.4, -0.2) is 20.9 Å². The fourth-order valence-corrected chi connectivity index (χ4v) is 5.44. The Morgan fingerprint density at radius 1 is 0.769 bits per heavy atom. The lowest BCUT2D eigenvalue weighted by molar-refractivity contribution is 0.292. The van der Waals surface area contributed by atoms with E-state index < -0.39 is 0 Å². The summed E-state index contributed by atoms with van der Waals surface area (Å²) < 4.78 is 2.32. The lowest BCUT2D eigenvalue weighted by Gasteiger charge is -2.14. The van der Waals surface area contributed by atoms with E-state index in [0.717, 1.165) is 38.9 Å². The summed E-state index contributed by atoms with van der Waals surface area (Å²) in [6.07, 6.45) is 1.67. The molecule has 0 aliphatic rings. The molecule has 3 N–H and O–H groups in total. The van der Waals surface area contributed by atoms with E-state index in [4.69, 9.17) is 11.1 Å². The highest BCUT2D eigenvalue weighted by molar-refractivity contribution is 6.18. The van der Waals surface area contributed by atoms with Gasteiger partial charge in [-0.1, -0.05) is 60.7 Å². The highest BCUT2D eigenvalue weighted by atomic mass is 15.6. The molecule has 186 valence electrons. The molecule has 0 unspecified atom stereocenters. The Morgan fingerprint density at radius 3 is 2.49 bits per heavy atom. The lowest BCUT2D eigenvalue weighted by atomic mass is 10.1. The number of nitriles is 1. The summed E-state index contributed by atoms with van der Waals surface area (Å²) in [6.45, 7) is 0.436. The maximum atomic E-state index is 9.12. The maximum absolute atomic E-state index is 9.12. The number of aromatic nitrogens is 2. The summed E-state index contributed by atoms with van der Waals surface area (Å²) in [6, 6.07) is 39.4. The number of para-hydroxylation sites is 2. The summed E-state index contributed by atoms with van der Waals surface area (Å²) >= 11 is 0. The van der Waals surface area contributed by atoms with Crippen LogP contribution in [0.2, 0.25) is 0 Å². The lowest BCUT2D eigenvalue weighted by Crippen LogP contribution is -2.24. The number of H-pyrrole nitrogens is 1. The van der Waals surface area contributed by atoms with Gasteiger partial charge in [-0.2, -0.15) is 10.4 Å². The van der Waals surface area contributed by atoms with E-state index in [1.165, 1.54) is 26.7 Å². The van der Waals surface area contributed by atoms with Gasteiger partial charge < -0.3 is 9.55 Å². The molecule has 0 atom stereocenters. The Bertz CT molecular complexity index is 2090. The van der Waals surface area contributed by atoms with Crippen LogP contribution in [0.5, 0.6) is 0 Å². The number of hydrazine groups is 1. The number of nitrogens with two attached hydrogens (primary N) is 1. The predicted octanol–water partition coefficient (Wildman–Crippen LogP) is 7.00. The number of nitrogens with zero attached hydrogens (tertiary/aromatic N) is 4. The van der Waals surface area contributed by atoms with Crippen molar-refractivity contribution in [3.8, 4) is 11.8 Å². The van der Waals surface area contributed by atoms with E-state index >= 15 is 0 Å². The van der Waals surface area contributed by atoms with Gasteiger partial charge >= 0.3 is 0 Å². The molecule has 2 heterocycles. The molecule has 5 aromatic carbocycles. The first-order chi connectivity index (χ1) is 19.2. The summed E-state index contributed by atoms with van der Waals surface area (Å²) in [5.41, 5.74) is 8.07. The van der Waals surface area contributed by atoms with Crippen LogP contribution in [0.3, 0.4) is 0 Å². The first-order valence-electron chi connectivity index (χ1n) is 12.8. The van der Waals surface area contributed by atoms with Crippen LogP contribution in [0.25, 0.3) is 49.3 Å². The van der Waals surface area contributed by atoms with E-state index in [2.05, 4.69) is 106 Å². The molecule has 2 aromatic heterocycles. The third kappa shape index (κ3) is 3.98. The normalized spacial score (nSPS) is 11.7. The van der Waals surface area contributed by atoms with Gasteiger partial charge in [-0.05, 0) is 59.7 Å². The molecule has 7 rings (SSSR count). The standard InChI is InChI=1S/C33H24N6/c34-19-22-7-5-8-23(15-22)20-36-38(35)21-24-9-6-10-25(16-24)39-32-14-4-2-12-27(32)29-17-28-26-11-1-3-13-30(26)37-31(28)18-33(29)39/h1-18,20,37H,21,35H2/b36-20+. The van der Waals surface area contributed by atoms with E-state index in [1.54, 1.807) is 18.3 Å². The Balaban J connectivity index is 1.29. The molecule has 7 aromatic rings. The number of hydrogen-bond donors (Lipinski definition) is 2. The quantitative estimate of drug-likeness (QED) is 0.150. The van der Waals surface area contributed by atoms with Gasteiger partial charge in [-0.15, -0.1) is 0 Å². The first kappa shape index (κ1) is 22.8. The van der Waals surface area contributed by atoms with E-state index in [9.17, 15) is 0 Å². The average molecular weight is 505 g/mol. The SMILES string of the molecule is N#Cc1cccc(/C=N/N(N)Cc2cccc(-n3c4ccccc4c4cc5c(cc43)[nH]c3ccccc35)c2)c1. The van der Waals surface area contributed by atoms with Crippen LogP contribution >= 0.6 is 0 Å². The van der Waals surface area contributed by atoms with Crippen LogP contribution in [0, 0.1) is 11.3 Å². The van der Waals surface area contributed by atoms with Crippen molar-refractivity contribution >= 4 is 49.8 Å². The Kier molecular flexibility index (Phi) is 5.36. The third-order valence-electron chi connectivity index (χ3n) is 7.18. The van der Waals surface area contributed by atoms with Crippen molar-refractivity contribution in [2.75, 3.05) is 0 Å². The monoisotopic (exact) mass is 504 g/mol. The number of fused-ring (bicyclic) bond motifs is 6. The fourth-order valence-electron chi connectivity index (χ4n) is 5.44. The maximum Gasteiger partial charge on any atom is 0.0991 e. The molecule has 0 saturated heterocycles. The van der Waals surface area contributed by atoms with Crippen molar-refractivity contribution in [2.45, 2.75) is 6.54 Å². The zero-order valence-corrected chi connectivity index (χ0v) is 21.0. The minimum Gasteiger partial charge on any atom is -0.354 e. The molecule has 0 aliphatic carbocycles. The van der Waals surface area contributed by atoms with Gasteiger partial charge in [0.15, 0.2) is 0 Å². The molecule has 6 nitrogen and oxygen atoms in total. The fraction of sp³-hybridized carbons (Fsp3) is 0.0303. The van der Waals surface area contributed by atoms with Crippen molar-refractivity contribution < 1.29 is 0 Å². The molecular weight excluding hydrogens is 480 g/mol. The molecule has 0 fully saturated rings. The van der Waals surface area contributed by atoms with Gasteiger partial charge in [0, 0.05) is 38.3 Å². The van der Waals surface area contributed by atoms with Gasteiger partial charge in [0.2, 0.25) is 0 Å². The predicted molar refractivity (Wildman–Crippen MR) is 159 cm³/mol. The van der Waals surface area contributed by atoms with Crippen molar-refractivity contribution in [2.24, 2.45) is 10.9 Å². The number of aromatic amines is 1. The van der Waals surface area contributed by atoms with E-state index in [-0.39, 0.29) is 0 Å². The molecule has 39 heavy (non-hydrogen) atoms. The summed E-state index contributed by atoms with van der Waals surface area (Å²) in [7, 11) is 0. The molecule has 0 bridgehead atoms. The van der Waals surface area contributed by atoms with Gasteiger partial charge in [-0.3, -0.25) is 0 Å². The van der Waals surface area contributed by atoms with Crippen molar-refractivity contribution in [1.82, 2.24) is 14.7 Å². The third-order valence-corrected chi connectivity index (χ3v) is 7.18. The van der Waals surface area contributed by atoms with E-state index in [0.29, 0.717) is 12.1 Å². The molecule has 0 radical (unpaired) electrons. The zero-order valence-electron chi connectivity index (χ0n) is 21.0. The number of rotatable bonds is 5. The van der Waals surface area contributed by atoms with Crippen LogP contribution in [0.15, 0.2) is 114 Å². The van der Waals surface area contributed by atoms with Gasteiger partial charge in [0.1, 0.15) is 0 Å². The zero-order chi connectivity index (χ0) is 26.3. The smallest absolute Gasteiger partial charge is 0.0991 e. The average Bonchev–Trinajstić information content (AvgIpc) is 3.50. The second kappa shape index (κ2) is 9.18. The molecule has 0 spiro atoms. The highest BCUT2D eigenvalue weighted by Gasteiger charge is 2.15. The van der Waals surface area contributed by atoms with Crippen LogP contribution in [0.1, 0.15) is 16.7 Å². The van der Waals surface area contributed by atoms with Crippen LogP contribution in [-0.2, 0) is 6.54 Å². The summed E-state index contributed by atoms with van der Waals surface area (Å²) in [5, 5.41) is 19.8. The minimum absolute atomic E-state index is 0.436. The van der Waals surface area contributed by atoms with Gasteiger partial charge in [-0.25, -0.2) is 11.0 Å². The molecular formula is C33H24N6. The topological polar surface area (TPSA) is 86.1 Å². The Hall–Kier alpha value is -5.38. The number of hydrazone groups is 1. The number of nitrogens with one attached hydrogen (secondary N) is 1. The molecule has 6 heteroatoms. The Labute approximate surface area is 224 Å². The Morgan fingerprint density at radius 2 is 1.59 bits per heavy atom. The van der Waals surface area contributed by atoms with Crippen molar-refractivity contribution in [3.05, 3.63) is 126 Å². The second-order valence-corrected chi connectivity index (χ2v) is 9.69. The number of benzene rings is 5. The van der Waals surface area contributed by atoms with Crippen molar-refractivity contribution in [3.63, 3.8) is 0 Å². The van der Waals surface area contributed by atoms with E-state index in [1.807, 2.05) is 12.1 Å². The number of hydrogen-bond acceptors (Lipinski definition) is 4. The van der Waals surface area contributed by atoms with Crippen LogP contribution < -0.4 is 5.84 Å². The highest BCUT2D eigenvalue weighted by Crippen LogP contribution is 2.37. The van der Waals surface area contributed by atoms with Crippen molar-refractivity contribution in [1.29, 1.82) is 5.26 Å². The van der Waals surface area contributed by atoms with Gasteiger partial charge in [0.05, 0.1) is 35.4 Å². The van der Waals surface area contributed by atoms with Gasteiger partial charge in [0.25, 0.3) is 0 Å². The largest absolute Gasteiger partial charge is 0.354 e. The second-order valence-electron chi connectivity index (χ2n) is 9.69. The first-order valence-corrected chi connectivity index (χ1v) is 12.8.